The smallest absolute Gasteiger partial charge is 0.159 e. The Balaban J connectivity index is 1.90. The molecule has 4 rings (SSSR count). The summed E-state index contributed by atoms with van der Waals surface area (Å²) in [6.45, 7) is 8.59. The van der Waals surface area contributed by atoms with E-state index in [9.17, 15) is 5.11 Å². The highest BCUT2D eigenvalue weighted by Gasteiger charge is 2.18. The van der Waals surface area contributed by atoms with E-state index < -0.39 is 0 Å². The molecule has 4 aromatic rings. The van der Waals surface area contributed by atoms with Crippen LogP contribution < -0.4 is 5.73 Å². The molecule has 0 unspecified atom stereocenters. The molecule has 0 saturated carbocycles. The molecule has 4 nitrogen and oxygen atoms in total. The van der Waals surface area contributed by atoms with Gasteiger partial charge in [0.15, 0.2) is 5.82 Å². The van der Waals surface area contributed by atoms with Crippen molar-refractivity contribution in [3.63, 3.8) is 0 Å². The molecule has 156 valence electrons. The maximum atomic E-state index is 10.6. The predicted octanol–water partition coefficient (Wildman–Crippen LogP) is 6.37. The van der Waals surface area contributed by atoms with E-state index in [4.69, 9.17) is 10.7 Å². The van der Waals surface area contributed by atoms with Gasteiger partial charge in [-0.15, -0.1) is 0 Å². The Morgan fingerprint density at radius 3 is 2.10 bits per heavy atom. The van der Waals surface area contributed by atoms with E-state index in [0.29, 0.717) is 22.8 Å². The topological polar surface area (TPSA) is 72.0 Å². The molecule has 0 spiro atoms. The summed E-state index contributed by atoms with van der Waals surface area (Å²) in [4.78, 5) is 9.51. The van der Waals surface area contributed by atoms with Gasteiger partial charge in [0.05, 0.1) is 5.69 Å². The molecule has 0 radical (unpaired) electrons. The average Bonchev–Trinajstić information content (AvgIpc) is 2.75. The van der Waals surface area contributed by atoms with Crippen LogP contribution in [-0.4, -0.2) is 15.1 Å². The Kier molecular flexibility index (Phi) is 5.24. The Morgan fingerprint density at radius 2 is 1.45 bits per heavy atom. The number of aryl methyl sites for hydroxylation is 1. The summed E-state index contributed by atoms with van der Waals surface area (Å²) in [7, 11) is 0. The van der Waals surface area contributed by atoms with Crippen LogP contribution in [0.1, 0.15) is 31.9 Å². The second-order valence-corrected chi connectivity index (χ2v) is 8.93. The lowest BCUT2D eigenvalue weighted by Crippen LogP contribution is -2.10. The molecule has 4 heteroatoms. The summed E-state index contributed by atoms with van der Waals surface area (Å²) in [6.07, 6.45) is 1.84. The maximum Gasteiger partial charge on any atom is 0.159 e. The third-order valence-corrected chi connectivity index (χ3v) is 5.43. The first kappa shape index (κ1) is 20.6. The SMILES string of the molecule is Cc1ccc(O)c(-c2nc(-c3ccc(N)cc3)ncc2-c2ccc(C(C)(C)C)cc2)c1. The Bertz CT molecular complexity index is 1220. The van der Waals surface area contributed by atoms with E-state index >= 15 is 0 Å². The minimum absolute atomic E-state index is 0.0751. The maximum absolute atomic E-state index is 10.6. The number of rotatable bonds is 3. The van der Waals surface area contributed by atoms with Crippen LogP contribution in [0.15, 0.2) is 72.9 Å². The number of anilines is 1. The van der Waals surface area contributed by atoms with Gasteiger partial charge in [0.25, 0.3) is 0 Å². The average molecular weight is 410 g/mol. The number of nitrogen functional groups attached to an aromatic ring is 1. The van der Waals surface area contributed by atoms with Crippen LogP contribution in [0.3, 0.4) is 0 Å². The number of aromatic nitrogens is 2. The van der Waals surface area contributed by atoms with Gasteiger partial charge in [0, 0.05) is 28.6 Å². The molecular formula is C27H27N3O. The fourth-order valence-corrected chi connectivity index (χ4v) is 3.56. The molecule has 0 aliphatic rings. The van der Waals surface area contributed by atoms with Gasteiger partial charge in [-0.1, -0.05) is 56.7 Å². The fourth-order valence-electron chi connectivity index (χ4n) is 3.56. The van der Waals surface area contributed by atoms with Crippen molar-refractivity contribution in [3.8, 4) is 39.5 Å². The highest BCUT2D eigenvalue weighted by molar-refractivity contribution is 5.84. The van der Waals surface area contributed by atoms with Crippen molar-refractivity contribution in [1.82, 2.24) is 9.97 Å². The highest BCUT2D eigenvalue weighted by Crippen LogP contribution is 2.37. The number of hydrogen-bond acceptors (Lipinski definition) is 4. The van der Waals surface area contributed by atoms with Crippen LogP contribution in [0.25, 0.3) is 33.8 Å². The molecule has 1 heterocycles. The van der Waals surface area contributed by atoms with Gasteiger partial charge in [-0.05, 0) is 59.9 Å². The Morgan fingerprint density at radius 1 is 0.806 bits per heavy atom. The minimum Gasteiger partial charge on any atom is -0.507 e. The molecular weight excluding hydrogens is 382 g/mol. The summed E-state index contributed by atoms with van der Waals surface area (Å²) < 4.78 is 0. The van der Waals surface area contributed by atoms with E-state index in [1.807, 2.05) is 49.5 Å². The molecule has 0 amide bonds. The Hall–Kier alpha value is -3.66. The van der Waals surface area contributed by atoms with Crippen molar-refractivity contribution in [2.45, 2.75) is 33.1 Å². The van der Waals surface area contributed by atoms with Crippen LogP contribution in [0.5, 0.6) is 5.75 Å². The summed E-state index contributed by atoms with van der Waals surface area (Å²) in [6, 6.07) is 21.5. The van der Waals surface area contributed by atoms with E-state index in [-0.39, 0.29) is 11.2 Å². The lowest BCUT2D eigenvalue weighted by molar-refractivity contribution is 0.477. The molecule has 0 aliphatic heterocycles. The fraction of sp³-hybridized carbons (Fsp3) is 0.185. The van der Waals surface area contributed by atoms with Crippen LogP contribution in [0, 0.1) is 6.92 Å². The van der Waals surface area contributed by atoms with Gasteiger partial charge in [-0.25, -0.2) is 9.97 Å². The molecule has 3 N–H and O–H groups in total. The van der Waals surface area contributed by atoms with E-state index in [1.54, 1.807) is 6.07 Å². The monoisotopic (exact) mass is 409 g/mol. The summed E-state index contributed by atoms with van der Waals surface area (Å²) in [5.74, 6) is 0.783. The number of phenolic OH excluding ortho intramolecular Hbond substituents is 1. The number of phenols is 1. The van der Waals surface area contributed by atoms with Crippen molar-refractivity contribution in [2.24, 2.45) is 0 Å². The number of benzene rings is 3. The number of aromatic hydroxyl groups is 1. The quantitative estimate of drug-likeness (QED) is 0.386. The van der Waals surface area contributed by atoms with Gasteiger partial charge in [0.2, 0.25) is 0 Å². The first-order valence-corrected chi connectivity index (χ1v) is 10.4. The zero-order chi connectivity index (χ0) is 22.2. The number of nitrogens with two attached hydrogens (primary N) is 1. The van der Waals surface area contributed by atoms with Crippen molar-refractivity contribution >= 4 is 5.69 Å². The first-order valence-electron chi connectivity index (χ1n) is 10.4. The minimum atomic E-state index is 0.0751. The summed E-state index contributed by atoms with van der Waals surface area (Å²) in [5, 5.41) is 10.6. The van der Waals surface area contributed by atoms with Gasteiger partial charge < -0.3 is 10.8 Å². The van der Waals surface area contributed by atoms with Gasteiger partial charge >= 0.3 is 0 Å². The molecule has 0 fully saturated rings. The van der Waals surface area contributed by atoms with Crippen molar-refractivity contribution in [3.05, 3.63) is 84.1 Å². The second-order valence-electron chi connectivity index (χ2n) is 8.93. The zero-order valence-corrected chi connectivity index (χ0v) is 18.3. The molecule has 0 atom stereocenters. The lowest BCUT2D eigenvalue weighted by atomic mass is 9.86. The van der Waals surface area contributed by atoms with E-state index in [2.05, 4.69) is 50.0 Å². The molecule has 1 aromatic heterocycles. The van der Waals surface area contributed by atoms with E-state index in [0.717, 1.165) is 22.3 Å². The van der Waals surface area contributed by atoms with Crippen LogP contribution in [-0.2, 0) is 5.41 Å². The molecule has 31 heavy (non-hydrogen) atoms. The molecule has 0 saturated heterocycles. The van der Waals surface area contributed by atoms with Crippen LogP contribution in [0.4, 0.5) is 5.69 Å². The van der Waals surface area contributed by atoms with Crippen molar-refractivity contribution < 1.29 is 5.11 Å². The van der Waals surface area contributed by atoms with Crippen LogP contribution >= 0.6 is 0 Å². The second kappa shape index (κ2) is 7.88. The van der Waals surface area contributed by atoms with Crippen molar-refractivity contribution in [1.29, 1.82) is 0 Å². The van der Waals surface area contributed by atoms with Gasteiger partial charge in [0.1, 0.15) is 5.75 Å². The zero-order valence-electron chi connectivity index (χ0n) is 18.3. The third-order valence-electron chi connectivity index (χ3n) is 5.43. The summed E-state index contributed by atoms with van der Waals surface area (Å²) in [5.41, 5.74) is 13.1. The highest BCUT2D eigenvalue weighted by atomic mass is 16.3. The van der Waals surface area contributed by atoms with Gasteiger partial charge in [-0.3, -0.25) is 0 Å². The number of hydrogen-bond donors (Lipinski definition) is 2. The molecule has 0 bridgehead atoms. The molecule has 0 aliphatic carbocycles. The predicted molar refractivity (Wildman–Crippen MR) is 128 cm³/mol. The van der Waals surface area contributed by atoms with Crippen LogP contribution in [0.2, 0.25) is 0 Å². The normalized spacial score (nSPS) is 11.5. The molecule has 3 aromatic carbocycles. The Labute approximate surface area is 183 Å². The van der Waals surface area contributed by atoms with E-state index in [1.165, 1.54) is 5.56 Å². The first-order chi connectivity index (χ1) is 14.7. The van der Waals surface area contributed by atoms with Gasteiger partial charge in [-0.2, -0.15) is 0 Å². The third kappa shape index (κ3) is 4.29. The lowest BCUT2D eigenvalue weighted by Gasteiger charge is -2.19. The largest absolute Gasteiger partial charge is 0.507 e. The standard InChI is InChI=1S/C27H27N3O/c1-17-5-14-24(31)22(15-17)25-23(18-6-10-20(11-7-18)27(2,3)4)16-29-26(30-25)19-8-12-21(28)13-9-19/h5-16,31H,28H2,1-4H3. The summed E-state index contributed by atoms with van der Waals surface area (Å²) >= 11 is 0. The number of nitrogens with zero attached hydrogens (tertiary/aromatic N) is 2. The van der Waals surface area contributed by atoms with Crippen molar-refractivity contribution in [2.75, 3.05) is 5.73 Å².